The molecular weight excluding hydrogens is 823 g/mol. The van der Waals surface area contributed by atoms with Gasteiger partial charge in [0, 0.05) is 59.0 Å². The smallest absolute Gasteiger partial charge is 2.00 e. The minimum atomic E-state index is 0. The van der Waals surface area contributed by atoms with Gasteiger partial charge in [0.15, 0.2) is 0 Å². The first kappa shape index (κ1) is 61.3. The Morgan fingerprint density at radius 2 is 0.843 bits per heavy atom. The fourth-order valence-corrected chi connectivity index (χ4v) is 13.0. The molecule has 0 aliphatic carbocycles. The van der Waals surface area contributed by atoms with Crippen molar-refractivity contribution in [2.45, 2.75) is 92.9 Å². The zero-order valence-corrected chi connectivity index (χ0v) is 43.3. The molecule has 51 heavy (non-hydrogen) atoms. The number of para-hydroxylation sites is 2. The summed E-state index contributed by atoms with van der Waals surface area (Å²) in [5.41, 5.74) is 9.45. The van der Waals surface area contributed by atoms with Crippen molar-refractivity contribution in [1.82, 2.24) is 0 Å². The van der Waals surface area contributed by atoms with Crippen molar-refractivity contribution in [3.63, 3.8) is 0 Å². The van der Waals surface area contributed by atoms with E-state index in [1.807, 2.05) is 0 Å². The average Bonchev–Trinajstić information content (AvgIpc) is 2.95. The Kier molecular flexibility index (Phi) is 40.0. The van der Waals surface area contributed by atoms with Gasteiger partial charge >= 0.3 is 33.6 Å². The van der Waals surface area contributed by atoms with Gasteiger partial charge in [-0.15, -0.1) is 5.69 Å². The topological polar surface area (TPSA) is 26.5 Å². The van der Waals surface area contributed by atoms with Gasteiger partial charge < -0.3 is 32.3 Å². The molecule has 0 atom stereocenters. The fourth-order valence-electron chi connectivity index (χ4n) is 5.00. The van der Waals surface area contributed by atoms with Crippen LogP contribution in [0.2, 0.25) is 0 Å². The van der Waals surface area contributed by atoms with Crippen molar-refractivity contribution in [3.05, 3.63) is 75.7 Å². The molecule has 0 spiro atoms. The molecule has 0 aliphatic rings. The Bertz CT molecular complexity index is 1150. The van der Waals surface area contributed by atoms with Crippen LogP contribution in [0.4, 0.5) is 11.4 Å². The van der Waals surface area contributed by atoms with E-state index in [0.717, 1.165) is 22.8 Å². The number of hydrogen-bond acceptors (Lipinski definition) is 1. The zero-order valence-electron chi connectivity index (χ0n) is 35.6. The van der Waals surface area contributed by atoms with Gasteiger partial charge in [-0.2, -0.15) is 5.70 Å². The Morgan fingerprint density at radius 1 is 0.569 bits per heavy atom. The van der Waals surface area contributed by atoms with Crippen LogP contribution in [0.1, 0.15) is 115 Å². The summed E-state index contributed by atoms with van der Waals surface area (Å²) in [6.45, 7) is 41.2. The van der Waals surface area contributed by atoms with E-state index in [1.54, 1.807) is 0 Å². The molecular formula is C41H77FeN2NiP4S2+4. The largest absolute Gasteiger partial charge is 3.00 e. The summed E-state index contributed by atoms with van der Waals surface area (Å²) >= 11 is 0. The molecule has 2 aromatic rings. The number of aliphatic imine (C=N–C) groups is 1. The van der Waals surface area contributed by atoms with Crippen LogP contribution in [0.15, 0.2) is 53.2 Å². The van der Waals surface area contributed by atoms with E-state index in [-0.39, 0.29) is 92.2 Å². The Labute approximate surface area is 358 Å². The maximum absolute atomic E-state index is 5.08. The molecule has 0 aliphatic heterocycles. The van der Waals surface area contributed by atoms with Crippen LogP contribution in [-0.4, -0.2) is 83.7 Å². The molecule has 0 saturated carbocycles. The van der Waals surface area contributed by atoms with Crippen molar-refractivity contribution in [1.29, 1.82) is 0 Å². The molecule has 10 heteroatoms. The van der Waals surface area contributed by atoms with Gasteiger partial charge in [0.2, 0.25) is 0 Å². The zero-order chi connectivity index (χ0) is 36.4. The number of hydrogen-bond donors (Lipinski definition) is 0. The average molecular weight is 901 g/mol. The van der Waals surface area contributed by atoms with E-state index in [1.165, 1.54) is 46.9 Å². The quantitative estimate of drug-likeness (QED) is 0.103. The number of nitrogens with zero attached hydrogens (tertiary/aromatic N) is 2. The number of allylic oxidation sites excluding steroid dienone is 2. The summed E-state index contributed by atoms with van der Waals surface area (Å²) in [7, 11) is 0.383. The van der Waals surface area contributed by atoms with Crippen LogP contribution >= 0.6 is 31.7 Å². The van der Waals surface area contributed by atoms with Crippen molar-refractivity contribution in [3.8, 4) is 0 Å². The Morgan fingerprint density at radius 3 is 1.10 bits per heavy atom. The third kappa shape index (κ3) is 27.3. The molecule has 0 amide bonds. The van der Waals surface area contributed by atoms with E-state index in [2.05, 4.69) is 165 Å². The van der Waals surface area contributed by atoms with E-state index in [9.17, 15) is 0 Å². The Hall–Kier alpha value is 1.08. The summed E-state index contributed by atoms with van der Waals surface area (Å²) in [6, 6.07) is 13.1. The first-order valence-electron chi connectivity index (χ1n) is 18.1. The van der Waals surface area contributed by atoms with Gasteiger partial charge in [-0.25, -0.2) is 0 Å². The molecule has 0 unspecified atom stereocenters. The standard InChI is InChI=1S/C29H41N2.2C6H16P2.Fe.Ni.2S/c1-18(2)24-13-11-14-25(19(3)4)28(24)30-22(9)17-23(10)31-29-26(20(5)6)15-12-16-27(29)21(7)8;2*1-7(2)5-6-8(3)4;;;;/h11-21H,1-10H3;2*5-6H2,1-4H3;;;;/q-1;;;+3;+2;2*-2/p+4/b22-17-,31-23?;;;;;;. The minimum absolute atomic E-state index is 0. The monoisotopic (exact) mass is 899 g/mol. The molecule has 0 saturated heterocycles. The van der Waals surface area contributed by atoms with E-state index >= 15 is 0 Å². The van der Waals surface area contributed by atoms with Gasteiger partial charge in [0.25, 0.3) is 0 Å². The van der Waals surface area contributed by atoms with Crippen molar-refractivity contribution in [2.75, 3.05) is 78.0 Å². The van der Waals surface area contributed by atoms with E-state index in [0.29, 0.717) is 23.7 Å². The molecule has 2 aromatic carbocycles. The van der Waals surface area contributed by atoms with Gasteiger partial charge in [-0.1, -0.05) is 116 Å². The molecule has 297 valence electrons. The maximum Gasteiger partial charge on any atom is 3.00 e. The molecule has 2 nitrogen and oxygen atoms in total. The van der Waals surface area contributed by atoms with E-state index in [4.69, 9.17) is 10.3 Å². The SMILES string of the molecule is CC(/C=C(/C)[N-]c1c(C(C)C)cccc1C(C)C)=Nc1c(C(C)C)cccc1C(C)C.C[PH+](C)CC[PH+](C)C.C[PH+](C)CC[PH+](C)C.[Fe+3].[Ni+2].[S-2].[S-2]. The van der Waals surface area contributed by atoms with Crippen LogP contribution in [0, 0.1) is 0 Å². The third-order valence-corrected chi connectivity index (χ3v) is 13.9. The van der Waals surface area contributed by atoms with Gasteiger partial charge in [-0.05, 0) is 73.4 Å². The summed E-state index contributed by atoms with van der Waals surface area (Å²) in [6.07, 6.45) is 8.25. The van der Waals surface area contributed by atoms with Crippen molar-refractivity contribution < 1.29 is 33.6 Å². The van der Waals surface area contributed by atoms with Gasteiger partial charge in [0.1, 0.15) is 0 Å². The molecule has 2 rings (SSSR count). The first-order chi connectivity index (χ1) is 21.8. The van der Waals surface area contributed by atoms with Gasteiger partial charge in [-0.3, -0.25) is 4.99 Å². The molecule has 0 heterocycles. The second-order valence-electron chi connectivity index (χ2n) is 15.7. The minimum Gasteiger partial charge on any atom is -2.00 e. The van der Waals surface area contributed by atoms with Crippen LogP contribution in [0.5, 0.6) is 0 Å². The van der Waals surface area contributed by atoms with E-state index < -0.39 is 0 Å². The number of rotatable bonds is 14. The summed E-state index contributed by atoms with van der Waals surface area (Å²) in [5.74, 6) is 1.75. The summed E-state index contributed by atoms with van der Waals surface area (Å²) in [4.78, 5) is 5.08. The van der Waals surface area contributed by atoms with Crippen molar-refractivity contribution in [2.24, 2.45) is 4.99 Å². The molecule has 0 N–H and O–H groups in total. The summed E-state index contributed by atoms with van der Waals surface area (Å²) < 4.78 is 0. The molecule has 0 fully saturated rings. The second kappa shape index (κ2) is 33.2. The fraction of sp³-hybridized carbons (Fsp3) is 0.634. The van der Waals surface area contributed by atoms with Gasteiger partial charge in [0.05, 0.1) is 30.3 Å². The van der Waals surface area contributed by atoms with Crippen LogP contribution in [0.25, 0.3) is 5.32 Å². The van der Waals surface area contributed by atoms with Crippen LogP contribution in [-0.2, 0) is 60.6 Å². The predicted octanol–water partition coefficient (Wildman–Crippen LogP) is 13.7. The first-order valence-corrected chi connectivity index (χ1v) is 29.0. The van der Waals surface area contributed by atoms with Crippen LogP contribution in [0.3, 0.4) is 0 Å². The predicted molar refractivity (Wildman–Crippen MR) is 254 cm³/mol. The molecule has 1 radical (unpaired) electrons. The van der Waals surface area contributed by atoms with Crippen LogP contribution < -0.4 is 0 Å². The normalized spacial score (nSPS) is 11.5. The maximum atomic E-state index is 5.08. The Balaban J connectivity index is -0.000000295. The number of benzene rings is 2. The molecule has 0 aromatic heterocycles. The summed E-state index contributed by atoms with van der Waals surface area (Å²) in [5, 5.41) is 5.08. The molecule has 0 bridgehead atoms. The van der Waals surface area contributed by atoms with Crippen molar-refractivity contribution >= 4 is 75.8 Å². The second-order valence-corrected chi connectivity index (χ2v) is 27.3. The third-order valence-electron chi connectivity index (χ3n) is 7.93.